The summed E-state index contributed by atoms with van der Waals surface area (Å²) in [6.45, 7) is -0.173. The molecule has 0 bridgehead atoms. The summed E-state index contributed by atoms with van der Waals surface area (Å²) in [5.41, 5.74) is 0.403. The first-order valence-corrected chi connectivity index (χ1v) is 5.71. The first-order chi connectivity index (χ1) is 9.15. The lowest BCUT2D eigenvalue weighted by molar-refractivity contribution is -0.145. The molecule has 0 saturated carbocycles. The molecule has 4 nitrogen and oxygen atoms in total. The summed E-state index contributed by atoms with van der Waals surface area (Å²) in [7, 11) is 0. The Morgan fingerprint density at radius 3 is 2.63 bits per heavy atom. The number of carbonyl (C=O) groups excluding carboxylic acids is 1. The van der Waals surface area contributed by atoms with E-state index in [4.69, 9.17) is 4.74 Å². The van der Waals surface area contributed by atoms with Gasteiger partial charge in [-0.25, -0.2) is 4.39 Å². The van der Waals surface area contributed by atoms with Crippen molar-refractivity contribution in [2.75, 3.05) is 0 Å². The van der Waals surface area contributed by atoms with Crippen molar-refractivity contribution in [1.82, 2.24) is 4.57 Å². The first kappa shape index (κ1) is 13.0. The lowest BCUT2D eigenvalue weighted by atomic mass is 10.2. The summed E-state index contributed by atoms with van der Waals surface area (Å²) in [5, 5.41) is 0. The van der Waals surface area contributed by atoms with Gasteiger partial charge in [0.2, 0.25) is 0 Å². The predicted octanol–water partition coefficient (Wildman–Crippen LogP) is 1.73. The van der Waals surface area contributed by atoms with Crippen molar-refractivity contribution in [3.05, 3.63) is 70.4 Å². The quantitative estimate of drug-likeness (QED) is 0.787. The van der Waals surface area contributed by atoms with Crippen LogP contribution in [0, 0.1) is 5.82 Å². The van der Waals surface area contributed by atoms with E-state index in [0.717, 1.165) is 28.5 Å². The molecule has 1 aromatic carbocycles. The number of esters is 1. The van der Waals surface area contributed by atoms with E-state index in [2.05, 4.69) is 0 Å². The average Bonchev–Trinajstić information content (AvgIpc) is 2.42. The topological polar surface area (TPSA) is 48.3 Å². The van der Waals surface area contributed by atoms with Crippen LogP contribution in [-0.2, 0) is 22.7 Å². The molecule has 0 amide bonds. The van der Waals surface area contributed by atoms with Crippen LogP contribution < -0.4 is 5.56 Å². The van der Waals surface area contributed by atoms with Gasteiger partial charge in [-0.2, -0.15) is 0 Å². The third-order valence-corrected chi connectivity index (χ3v) is 2.49. The van der Waals surface area contributed by atoms with Crippen molar-refractivity contribution >= 4 is 5.97 Å². The molecule has 0 N–H and O–H groups in total. The van der Waals surface area contributed by atoms with Gasteiger partial charge >= 0.3 is 5.97 Å². The fourth-order valence-electron chi connectivity index (χ4n) is 1.55. The zero-order valence-electron chi connectivity index (χ0n) is 10.1. The lowest BCUT2D eigenvalue weighted by Crippen LogP contribution is -2.24. The molecule has 5 heteroatoms. The van der Waals surface area contributed by atoms with Crippen LogP contribution in [0.25, 0.3) is 0 Å². The maximum Gasteiger partial charge on any atom is 0.326 e. The predicted molar refractivity (Wildman–Crippen MR) is 66.9 cm³/mol. The number of benzene rings is 1. The van der Waals surface area contributed by atoms with E-state index in [1.807, 2.05) is 30.3 Å². The minimum Gasteiger partial charge on any atom is -0.459 e. The molecule has 2 rings (SSSR count). The summed E-state index contributed by atoms with van der Waals surface area (Å²) in [6.07, 6.45) is 0.978. The smallest absolute Gasteiger partial charge is 0.326 e. The molecular weight excluding hydrogens is 249 g/mol. The van der Waals surface area contributed by atoms with Crippen molar-refractivity contribution in [3.8, 4) is 0 Å². The maximum atomic E-state index is 12.9. The molecule has 2 aromatic rings. The summed E-state index contributed by atoms with van der Waals surface area (Å²) in [6, 6.07) is 11.3. The molecule has 0 aliphatic rings. The number of ether oxygens (including phenoxy) is 1. The Kier molecular flexibility index (Phi) is 4.07. The molecule has 0 atom stereocenters. The molecule has 1 heterocycles. The molecule has 0 saturated heterocycles. The second-order valence-electron chi connectivity index (χ2n) is 3.96. The van der Waals surface area contributed by atoms with Crippen molar-refractivity contribution in [2.24, 2.45) is 0 Å². The number of rotatable bonds is 4. The summed E-state index contributed by atoms with van der Waals surface area (Å²) in [4.78, 5) is 22.9. The van der Waals surface area contributed by atoms with Crippen molar-refractivity contribution < 1.29 is 13.9 Å². The minimum atomic E-state index is -0.587. The van der Waals surface area contributed by atoms with Crippen molar-refractivity contribution in [2.45, 2.75) is 13.2 Å². The Labute approximate surface area is 109 Å². The fourth-order valence-corrected chi connectivity index (χ4v) is 1.55. The molecule has 0 unspecified atom stereocenters. The van der Waals surface area contributed by atoms with Crippen LogP contribution >= 0.6 is 0 Å². The number of halogens is 1. The van der Waals surface area contributed by atoms with Gasteiger partial charge in [0.15, 0.2) is 0 Å². The van der Waals surface area contributed by atoms with Crippen molar-refractivity contribution in [1.29, 1.82) is 0 Å². The third kappa shape index (κ3) is 3.77. The van der Waals surface area contributed by atoms with Crippen LogP contribution in [0.15, 0.2) is 53.5 Å². The Bertz CT molecular complexity index is 622. The van der Waals surface area contributed by atoms with Crippen LogP contribution in [0.3, 0.4) is 0 Å². The van der Waals surface area contributed by atoms with Gasteiger partial charge in [-0.15, -0.1) is 0 Å². The lowest BCUT2D eigenvalue weighted by Gasteiger charge is -2.06. The average molecular weight is 261 g/mol. The SMILES string of the molecule is O=C(Cn1cc(F)ccc1=O)OCc1ccccc1. The highest BCUT2D eigenvalue weighted by atomic mass is 19.1. The second-order valence-corrected chi connectivity index (χ2v) is 3.96. The van der Waals surface area contributed by atoms with E-state index in [-0.39, 0.29) is 13.2 Å². The van der Waals surface area contributed by atoms with Crippen LogP contribution in [-0.4, -0.2) is 10.5 Å². The Balaban J connectivity index is 1.95. The normalized spacial score (nSPS) is 10.2. The first-order valence-electron chi connectivity index (χ1n) is 5.71. The van der Waals surface area contributed by atoms with Crippen LogP contribution in [0.5, 0.6) is 0 Å². The maximum absolute atomic E-state index is 12.9. The zero-order chi connectivity index (χ0) is 13.7. The van der Waals surface area contributed by atoms with Gasteiger partial charge in [0.1, 0.15) is 19.0 Å². The highest BCUT2D eigenvalue weighted by Crippen LogP contribution is 2.01. The highest BCUT2D eigenvalue weighted by Gasteiger charge is 2.07. The number of nitrogens with zero attached hydrogens (tertiary/aromatic N) is 1. The molecule has 0 spiro atoms. The largest absolute Gasteiger partial charge is 0.459 e. The van der Waals surface area contributed by atoms with Crippen LogP contribution in [0.2, 0.25) is 0 Å². The molecular formula is C14H12FNO3. The highest BCUT2D eigenvalue weighted by molar-refractivity contribution is 5.69. The molecule has 0 radical (unpaired) electrons. The Morgan fingerprint density at radius 1 is 1.16 bits per heavy atom. The van der Waals surface area contributed by atoms with E-state index in [1.165, 1.54) is 0 Å². The molecule has 0 aliphatic carbocycles. The van der Waals surface area contributed by atoms with Gasteiger partial charge in [-0.05, 0) is 11.6 Å². The molecule has 0 fully saturated rings. The van der Waals surface area contributed by atoms with E-state index >= 15 is 0 Å². The van der Waals surface area contributed by atoms with Gasteiger partial charge in [0, 0.05) is 12.3 Å². The monoisotopic (exact) mass is 261 g/mol. The minimum absolute atomic E-state index is 0.129. The third-order valence-electron chi connectivity index (χ3n) is 2.49. The Hall–Kier alpha value is -2.43. The summed E-state index contributed by atoms with van der Waals surface area (Å²) in [5.74, 6) is -1.16. The van der Waals surface area contributed by atoms with E-state index in [0.29, 0.717) is 0 Å². The van der Waals surface area contributed by atoms with Gasteiger partial charge < -0.3 is 9.30 Å². The molecule has 1 aromatic heterocycles. The van der Waals surface area contributed by atoms with Gasteiger partial charge in [0.25, 0.3) is 5.56 Å². The fraction of sp³-hybridized carbons (Fsp3) is 0.143. The van der Waals surface area contributed by atoms with Gasteiger partial charge in [-0.1, -0.05) is 30.3 Å². The van der Waals surface area contributed by atoms with E-state index < -0.39 is 17.3 Å². The standard InChI is InChI=1S/C14H12FNO3/c15-12-6-7-13(17)16(8-12)9-14(18)19-10-11-4-2-1-3-5-11/h1-8H,9-10H2. The molecule has 0 aliphatic heterocycles. The number of aromatic nitrogens is 1. The van der Waals surface area contributed by atoms with E-state index in [1.54, 1.807) is 0 Å². The Morgan fingerprint density at radius 2 is 1.89 bits per heavy atom. The van der Waals surface area contributed by atoms with Crippen LogP contribution in [0.1, 0.15) is 5.56 Å². The number of hydrogen-bond donors (Lipinski definition) is 0. The van der Waals surface area contributed by atoms with Crippen LogP contribution in [0.4, 0.5) is 4.39 Å². The molecule has 98 valence electrons. The van der Waals surface area contributed by atoms with Crippen molar-refractivity contribution in [3.63, 3.8) is 0 Å². The summed E-state index contributed by atoms with van der Waals surface area (Å²) >= 11 is 0. The van der Waals surface area contributed by atoms with E-state index in [9.17, 15) is 14.0 Å². The number of pyridine rings is 1. The zero-order valence-corrected chi connectivity index (χ0v) is 10.1. The second kappa shape index (κ2) is 5.95. The number of hydrogen-bond acceptors (Lipinski definition) is 3. The number of carbonyl (C=O) groups is 1. The molecule has 19 heavy (non-hydrogen) atoms. The van der Waals surface area contributed by atoms with Gasteiger partial charge in [0.05, 0.1) is 0 Å². The summed E-state index contributed by atoms with van der Waals surface area (Å²) < 4.78 is 18.9. The van der Waals surface area contributed by atoms with Gasteiger partial charge in [-0.3, -0.25) is 9.59 Å².